The fourth-order valence-corrected chi connectivity index (χ4v) is 1.33. The third-order valence-corrected chi connectivity index (χ3v) is 1.98. The second kappa shape index (κ2) is 3.05. The van der Waals surface area contributed by atoms with Crippen molar-refractivity contribution in [2.45, 2.75) is 6.92 Å². The van der Waals surface area contributed by atoms with Gasteiger partial charge in [-0.25, -0.2) is 4.98 Å². The van der Waals surface area contributed by atoms with Crippen LogP contribution in [0.25, 0.3) is 10.9 Å². The number of nitrogens with zero attached hydrogens (tertiary/aromatic N) is 1. The normalized spacial score (nSPS) is 10.3. The fraction of sp³-hybridized carbons (Fsp3) is 0.0909. The molecule has 1 aromatic carbocycles. The summed E-state index contributed by atoms with van der Waals surface area (Å²) in [5.41, 5.74) is 1.86. The molecular formula is C11H10NO. The number of para-hydroxylation sites is 1. The van der Waals surface area contributed by atoms with Gasteiger partial charge in [-0.3, -0.25) is 0 Å². The predicted octanol–water partition coefficient (Wildman–Crippen LogP) is 2.71. The van der Waals surface area contributed by atoms with E-state index in [1.807, 2.05) is 37.3 Å². The Bertz CT molecular complexity index is 437. The summed E-state index contributed by atoms with van der Waals surface area (Å²) in [6.07, 6.45) is 0. The first-order valence-corrected chi connectivity index (χ1v) is 4.09. The minimum atomic E-state index is 0.723. The van der Waals surface area contributed by atoms with Crippen LogP contribution in [0.3, 0.4) is 0 Å². The molecular weight excluding hydrogens is 162 g/mol. The van der Waals surface area contributed by atoms with Gasteiger partial charge in [0.15, 0.2) is 0 Å². The minimum absolute atomic E-state index is 0.723. The Hall–Kier alpha value is -1.57. The average Bonchev–Trinajstić information content (AvgIpc) is 2.17. The summed E-state index contributed by atoms with van der Waals surface area (Å²) < 4.78 is 4.97. The molecule has 0 saturated carbocycles. The van der Waals surface area contributed by atoms with Crippen molar-refractivity contribution in [3.05, 3.63) is 43.1 Å². The van der Waals surface area contributed by atoms with Crippen molar-refractivity contribution in [3.63, 3.8) is 0 Å². The molecule has 0 aliphatic carbocycles. The Morgan fingerprint density at radius 1 is 1.23 bits per heavy atom. The molecule has 0 unspecified atom stereocenters. The molecule has 0 spiro atoms. The lowest BCUT2D eigenvalue weighted by Gasteiger charge is -2.03. The smallest absolute Gasteiger partial charge is 0.145 e. The van der Waals surface area contributed by atoms with Crippen LogP contribution in [0.1, 0.15) is 5.69 Å². The number of ether oxygens (including phenoxy) is 1. The molecule has 0 atom stereocenters. The van der Waals surface area contributed by atoms with E-state index in [-0.39, 0.29) is 0 Å². The van der Waals surface area contributed by atoms with Crippen molar-refractivity contribution in [2.75, 3.05) is 0 Å². The van der Waals surface area contributed by atoms with Crippen molar-refractivity contribution in [3.8, 4) is 5.75 Å². The first kappa shape index (κ1) is 8.05. The molecule has 0 bridgehead atoms. The van der Waals surface area contributed by atoms with Gasteiger partial charge in [0.2, 0.25) is 0 Å². The van der Waals surface area contributed by atoms with Crippen molar-refractivity contribution in [2.24, 2.45) is 0 Å². The van der Waals surface area contributed by atoms with Gasteiger partial charge >= 0.3 is 0 Å². The van der Waals surface area contributed by atoms with Crippen LogP contribution in [-0.2, 0) is 0 Å². The first-order chi connectivity index (χ1) is 6.31. The molecule has 1 heterocycles. The number of benzene rings is 1. The Kier molecular flexibility index (Phi) is 1.89. The highest BCUT2D eigenvalue weighted by Crippen LogP contribution is 2.23. The van der Waals surface area contributed by atoms with Gasteiger partial charge < -0.3 is 4.74 Å². The number of hydrogen-bond donors (Lipinski definition) is 0. The summed E-state index contributed by atoms with van der Waals surface area (Å²) >= 11 is 0. The maximum atomic E-state index is 4.97. The predicted molar refractivity (Wildman–Crippen MR) is 52.5 cm³/mol. The van der Waals surface area contributed by atoms with Crippen molar-refractivity contribution < 1.29 is 4.74 Å². The van der Waals surface area contributed by atoms with Crippen molar-refractivity contribution >= 4 is 10.9 Å². The second-order valence-corrected chi connectivity index (χ2v) is 2.92. The van der Waals surface area contributed by atoms with Crippen LogP contribution in [-0.4, -0.2) is 4.98 Å². The number of aromatic nitrogens is 1. The zero-order valence-corrected chi connectivity index (χ0v) is 7.45. The van der Waals surface area contributed by atoms with Gasteiger partial charge in [-0.05, 0) is 19.1 Å². The lowest BCUT2D eigenvalue weighted by molar-refractivity contribution is 0.477. The molecule has 13 heavy (non-hydrogen) atoms. The van der Waals surface area contributed by atoms with Crippen LogP contribution in [0.4, 0.5) is 0 Å². The Morgan fingerprint density at radius 2 is 2.08 bits per heavy atom. The molecule has 2 rings (SSSR count). The lowest BCUT2D eigenvalue weighted by Crippen LogP contribution is -1.87. The van der Waals surface area contributed by atoms with Gasteiger partial charge in [0.05, 0.1) is 0 Å². The van der Waals surface area contributed by atoms with Gasteiger partial charge in [-0.1, -0.05) is 18.2 Å². The van der Waals surface area contributed by atoms with Crippen molar-refractivity contribution in [1.82, 2.24) is 4.98 Å². The quantitative estimate of drug-likeness (QED) is 0.659. The van der Waals surface area contributed by atoms with Crippen LogP contribution >= 0.6 is 0 Å². The highest BCUT2D eigenvalue weighted by atomic mass is 16.5. The summed E-state index contributed by atoms with van der Waals surface area (Å²) in [7, 11) is 3.40. The molecule has 0 amide bonds. The van der Waals surface area contributed by atoms with E-state index in [9.17, 15) is 0 Å². The number of pyridine rings is 1. The standard InChI is InChI=1S/C11H10NO/c1-8-6-7-9-4-3-5-10(13-2)11(9)12-8/h3-7H,2H2,1H3. The molecule has 1 aromatic heterocycles. The molecule has 2 nitrogen and oxygen atoms in total. The number of rotatable bonds is 1. The number of fused-ring (bicyclic) bond motifs is 1. The number of aryl methyl sites for hydroxylation is 1. The third kappa shape index (κ3) is 1.35. The topological polar surface area (TPSA) is 22.1 Å². The lowest BCUT2D eigenvalue weighted by atomic mass is 10.2. The Balaban J connectivity index is 2.79. The van der Waals surface area contributed by atoms with E-state index in [1.165, 1.54) is 0 Å². The minimum Gasteiger partial charge on any atom is -0.488 e. The summed E-state index contributed by atoms with van der Waals surface area (Å²) in [6, 6.07) is 9.81. The van der Waals surface area contributed by atoms with Gasteiger partial charge in [-0.15, -0.1) is 0 Å². The maximum Gasteiger partial charge on any atom is 0.145 e. The van der Waals surface area contributed by atoms with Crippen LogP contribution in [0.15, 0.2) is 30.3 Å². The van der Waals surface area contributed by atoms with E-state index in [2.05, 4.69) is 12.1 Å². The van der Waals surface area contributed by atoms with E-state index >= 15 is 0 Å². The van der Waals surface area contributed by atoms with Crippen LogP contribution in [0.5, 0.6) is 5.75 Å². The van der Waals surface area contributed by atoms with Gasteiger partial charge in [0.1, 0.15) is 18.4 Å². The zero-order valence-electron chi connectivity index (χ0n) is 7.45. The van der Waals surface area contributed by atoms with Gasteiger partial charge in [0.25, 0.3) is 0 Å². The Labute approximate surface area is 77.2 Å². The molecule has 0 aliphatic rings. The molecule has 2 heteroatoms. The fourth-order valence-electron chi connectivity index (χ4n) is 1.33. The molecule has 1 radical (unpaired) electrons. The molecule has 65 valence electrons. The van der Waals surface area contributed by atoms with Crippen LogP contribution in [0.2, 0.25) is 0 Å². The monoisotopic (exact) mass is 172 g/mol. The highest BCUT2D eigenvalue weighted by molar-refractivity contribution is 5.84. The van der Waals surface area contributed by atoms with E-state index in [0.29, 0.717) is 0 Å². The molecule has 0 saturated heterocycles. The summed E-state index contributed by atoms with van der Waals surface area (Å²) in [5.74, 6) is 0.723. The molecule has 0 fully saturated rings. The van der Waals surface area contributed by atoms with E-state index in [1.54, 1.807) is 0 Å². The van der Waals surface area contributed by atoms with Gasteiger partial charge in [0, 0.05) is 11.1 Å². The van der Waals surface area contributed by atoms with E-state index in [0.717, 1.165) is 22.3 Å². The average molecular weight is 172 g/mol. The molecule has 0 aliphatic heterocycles. The SMILES string of the molecule is [CH2]Oc1cccc2ccc(C)nc12. The molecule has 2 aromatic rings. The number of hydrogen-bond acceptors (Lipinski definition) is 2. The Morgan fingerprint density at radius 3 is 2.85 bits per heavy atom. The molecule has 0 N–H and O–H groups in total. The zero-order chi connectivity index (χ0) is 9.26. The second-order valence-electron chi connectivity index (χ2n) is 2.92. The van der Waals surface area contributed by atoms with E-state index < -0.39 is 0 Å². The summed E-state index contributed by atoms with van der Waals surface area (Å²) in [5, 5.41) is 1.08. The van der Waals surface area contributed by atoms with Crippen LogP contribution < -0.4 is 4.74 Å². The third-order valence-electron chi connectivity index (χ3n) is 1.98. The first-order valence-electron chi connectivity index (χ1n) is 4.09. The van der Waals surface area contributed by atoms with Crippen LogP contribution in [0, 0.1) is 14.0 Å². The largest absolute Gasteiger partial charge is 0.488 e. The van der Waals surface area contributed by atoms with E-state index in [4.69, 9.17) is 4.74 Å². The summed E-state index contributed by atoms with van der Waals surface area (Å²) in [6.45, 7) is 1.96. The van der Waals surface area contributed by atoms with Crippen molar-refractivity contribution in [1.29, 1.82) is 0 Å². The van der Waals surface area contributed by atoms with Gasteiger partial charge in [-0.2, -0.15) is 0 Å². The maximum absolute atomic E-state index is 4.97. The highest BCUT2D eigenvalue weighted by Gasteiger charge is 2.01. The summed E-state index contributed by atoms with van der Waals surface area (Å²) in [4.78, 5) is 4.38.